The maximum Gasteiger partial charge on any atom is 0.226 e. The van der Waals surface area contributed by atoms with Crippen molar-refractivity contribution in [1.82, 2.24) is 5.32 Å². The normalized spacial score (nSPS) is 19.0. The smallest absolute Gasteiger partial charge is 0.226 e. The largest absolute Gasteiger partial charge is 0.595 e. The number of hydrogen-bond donors (Lipinski definition) is 2. The lowest BCUT2D eigenvalue weighted by atomic mass is 10.1. The second kappa shape index (κ2) is 8.61. The summed E-state index contributed by atoms with van der Waals surface area (Å²) >= 11 is 0. The Labute approximate surface area is 135 Å². The molecule has 2 N–H and O–H groups in total. The lowest BCUT2D eigenvalue weighted by molar-refractivity contribution is -0.992. The van der Waals surface area contributed by atoms with E-state index in [1.807, 2.05) is 0 Å². The van der Waals surface area contributed by atoms with Crippen molar-refractivity contribution in [1.29, 1.82) is 0 Å². The molecule has 1 aliphatic heterocycles. The summed E-state index contributed by atoms with van der Waals surface area (Å²) in [7, 11) is 1.33. The molecule has 0 radical (unpaired) electrons. The van der Waals surface area contributed by atoms with Crippen molar-refractivity contribution in [3.8, 4) is 0 Å². The molecule has 2 rings (SSSR count). The number of hydrogen-bond acceptors (Lipinski definition) is 4. The molecular weight excluding hydrogens is 298 g/mol. The van der Waals surface area contributed by atoms with Gasteiger partial charge in [-0.05, 0) is 25.0 Å². The van der Waals surface area contributed by atoms with Crippen molar-refractivity contribution < 1.29 is 19.7 Å². The summed E-state index contributed by atoms with van der Waals surface area (Å²) < 4.78 is 0. The maximum absolute atomic E-state index is 12.4. The van der Waals surface area contributed by atoms with Crippen LogP contribution in [-0.4, -0.2) is 32.0 Å². The van der Waals surface area contributed by atoms with Gasteiger partial charge in [0, 0.05) is 43.8 Å². The SMILES string of the molecule is CO[NH+]([O-])c1ccc(N2CCC(=O)NCCCCCC2=O)cc1. The van der Waals surface area contributed by atoms with Crippen LogP contribution in [-0.2, 0) is 14.4 Å². The van der Waals surface area contributed by atoms with E-state index in [0.717, 1.165) is 19.3 Å². The van der Waals surface area contributed by atoms with E-state index in [1.165, 1.54) is 7.11 Å². The minimum absolute atomic E-state index is 0.00511. The van der Waals surface area contributed by atoms with Crippen molar-refractivity contribution in [3.05, 3.63) is 29.5 Å². The zero-order valence-corrected chi connectivity index (χ0v) is 13.3. The number of amides is 2. The number of carbonyl (C=O) groups excluding carboxylic acids is 2. The van der Waals surface area contributed by atoms with Crippen LogP contribution in [0.25, 0.3) is 0 Å². The number of carbonyl (C=O) groups is 2. The van der Waals surface area contributed by atoms with Gasteiger partial charge in [-0.15, -0.1) is 0 Å². The third-order valence-corrected chi connectivity index (χ3v) is 3.85. The van der Waals surface area contributed by atoms with Crippen molar-refractivity contribution in [3.63, 3.8) is 0 Å². The van der Waals surface area contributed by atoms with Gasteiger partial charge in [-0.3, -0.25) is 9.59 Å². The highest BCUT2D eigenvalue weighted by Crippen LogP contribution is 2.19. The summed E-state index contributed by atoms with van der Waals surface area (Å²) in [6.07, 6.45) is 3.36. The van der Waals surface area contributed by atoms with E-state index in [-0.39, 0.29) is 18.2 Å². The van der Waals surface area contributed by atoms with Crippen molar-refractivity contribution in [2.75, 3.05) is 25.1 Å². The minimum Gasteiger partial charge on any atom is -0.595 e. The predicted molar refractivity (Wildman–Crippen MR) is 85.9 cm³/mol. The summed E-state index contributed by atoms with van der Waals surface area (Å²) in [5.74, 6) is -0.0404. The van der Waals surface area contributed by atoms with E-state index in [1.54, 1.807) is 29.2 Å². The average Bonchev–Trinajstić information content (AvgIpc) is 2.60. The fourth-order valence-electron chi connectivity index (χ4n) is 2.54. The van der Waals surface area contributed by atoms with E-state index >= 15 is 0 Å². The summed E-state index contributed by atoms with van der Waals surface area (Å²) in [6.45, 7) is 1.00. The molecule has 0 bridgehead atoms. The Bertz CT molecular complexity index is 533. The Kier molecular flexibility index (Phi) is 6.52. The van der Waals surface area contributed by atoms with Gasteiger partial charge in [-0.1, -0.05) is 6.42 Å². The number of benzene rings is 1. The van der Waals surface area contributed by atoms with Crippen LogP contribution in [0, 0.1) is 5.21 Å². The van der Waals surface area contributed by atoms with Gasteiger partial charge in [0.15, 0.2) is 5.69 Å². The van der Waals surface area contributed by atoms with Gasteiger partial charge < -0.3 is 15.4 Å². The molecule has 1 heterocycles. The van der Waals surface area contributed by atoms with Crippen LogP contribution in [0.3, 0.4) is 0 Å². The van der Waals surface area contributed by atoms with Crippen LogP contribution in [0.1, 0.15) is 32.1 Å². The molecule has 0 saturated carbocycles. The molecular formula is C16H23N3O4. The van der Waals surface area contributed by atoms with E-state index in [2.05, 4.69) is 10.2 Å². The zero-order valence-electron chi connectivity index (χ0n) is 13.3. The Morgan fingerprint density at radius 1 is 1.13 bits per heavy atom. The highest BCUT2D eigenvalue weighted by molar-refractivity contribution is 5.94. The first-order valence-corrected chi connectivity index (χ1v) is 7.87. The van der Waals surface area contributed by atoms with Gasteiger partial charge >= 0.3 is 0 Å². The zero-order chi connectivity index (χ0) is 16.7. The van der Waals surface area contributed by atoms with Gasteiger partial charge in [0.1, 0.15) is 0 Å². The third-order valence-electron chi connectivity index (χ3n) is 3.85. The predicted octanol–water partition coefficient (Wildman–Crippen LogP) is 0.675. The molecule has 7 heteroatoms. The number of nitrogens with one attached hydrogen (secondary N) is 2. The maximum atomic E-state index is 12.4. The number of quaternary nitrogens is 1. The van der Waals surface area contributed by atoms with Crippen LogP contribution >= 0.6 is 0 Å². The van der Waals surface area contributed by atoms with Crippen LogP contribution < -0.4 is 15.4 Å². The topological polar surface area (TPSA) is 86.1 Å². The Balaban J connectivity index is 2.14. The van der Waals surface area contributed by atoms with Gasteiger partial charge in [0.25, 0.3) is 0 Å². The van der Waals surface area contributed by atoms with Crippen LogP contribution in [0.15, 0.2) is 24.3 Å². The van der Waals surface area contributed by atoms with Crippen LogP contribution in [0.2, 0.25) is 0 Å². The molecule has 0 spiro atoms. The van der Waals surface area contributed by atoms with Crippen LogP contribution in [0.4, 0.5) is 11.4 Å². The molecule has 1 fully saturated rings. The first-order valence-electron chi connectivity index (χ1n) is 7.87. The third kappa shape index (κ3) is 5.02. The van der Waals surface area contributed by atoms with E-state index in [9.17, 15) is 14.8 Å². The van der Waals surface area contributed by atoms with Gasteiger partial charge in [0.2, 0.25) is 11.8 Å². The van der Waals surface area contributed by atoms with E-state index in [0.29, 0.717) is 30.9 Å². The molecule has 1 saturated heterocycles. The Hall–Kier alpha value is -1.96. The molecule has 0 aliphatic carbocycles. The molecule has 23 heavy (non-hydrogen) atoms. The lowest BCUT2D eigenvalue weighted by Gasteiger charge is -2.23. The quantitative estimate of drug-likeness (QED) is 0.802. The van der Waals surface area contributed by atoms with Gasteiger partial charge in [-0.2, -0.15) is 5.23 Å². The lowest BCUT2D eigenvalue weighted by Crippen LogP contribution is -3.00. The van der Waals surface area contributed by atoms with E-state index < -0.39 is 5.23 Å². The van der Waals surface area contributed by atoms with E-state index in [4.69, 9.17) is 0 Å². The average molecular weight is 321 g/mol. The number of anilines is 1. The molecule has 1 aromatic rings. The molecule has 126 valence electrons. The summed E-state index contributed by atoms with van der Waals surface area (Å²) in [6, 6.07) is 6.67. The molecule has 0 aromatic heterocycles. The Morgan fingerprint density at radius 3 is 2.57 bits per heavy atom. The highest BCUT2D eigenvalue weighted by Gasteiger charge is 2.18. The fraction of sp³-hybridized carbons (Fsp3) is 0.500. The standard InChI is InChI=1S/C16H23N3O4/c1-23-19(22)14-8-6-13(7-9-14)18-12-10-15(20)17-11-4-2-3-5-16(18)21/h6-9,19H,2-5,10-12H2,1H3,(H,17,20). The molecule has 7 nitrogen and oxygen atoms in total. The van der Waals surface area contributed by atoms with Crippen molar-refractivity contribution >= 4 is 23.2 Å². The molecule has 1 aromatic carbocycles. The van der Waals surface area contributed by atoms with Gasteiger partial charge in [0.05, 0.1) is 7.11 Å². The van der Waals surface area contributed by atoms with Crippen molar-refractivity contribution in [2.45, 2.75) is 32.1 Å². The monoisotopic (exact) mass is 321 g/mol. The minimum atomic E-state index is -0.417. The number of nitrogens with zero attached hydrogens (tertiary/aromatic N) is 1. The molecule has 2 amide bonds. The fourth-order valence-corrected chi connectivity index (χ4v) is 2.54. The first-order chi connectivity index (χ1) is 11.1. The first kappa shape index (κ1) is 17.4. The molecule has 1 atom stereocenters. The molecule has 1 aliphatic rings. The second-order valence-corrected chi connectivity index (χ2v) is 5.49. The second-order valence-electron chi connectivity index (χ2n) is 5.49. The summed E-state index contributed by atoms with van der Waals surface area (Å²) in [4.78, 5) is 30.5. The van der Waals surface area contributed by atoms with Gasteiger partial charge in [-0.25, -0.2) is 4.84 Å². The highest BCUT2D eigenvalue weighted by atomic mass is 16.9. The molecule has 1 unspecified atom stereocenters. The van der Waals surface area contributed by atoms with Crippen LogP contribution in [0.5, 0.6) is 0 Å². The number of rotatable bonds is 3. The van der Waals surface area contributed by atoms with Crippen molar-refractivity contribution in [2.24, 2.45) is 0 Å². The summed E-state index contributed by atoms with van der Waals surface area (Å²) in [5, 5.41) is 13.9. The summed E-state index contributed by atoms with van der Waals surface area (Å²) in [5.41, 5.74) is 1.12. The Morgan fingerprint density at radius 2 is 1.87 bits per heavy atom.